The van der Waals surface area contributed by atoms with E-state index >= 15 is 0 Å². The largest absolute Gasteiger partial charge is 0.366 e. The van der Waals surface area contributed by atoms with Crippen LogP contribution in [0.4, 0.5) is 0 Å². The van der Waals surface area contributed by atoms with Gasteiger partial charge >= 0.3 is 0 Å². The quantitative estimate of drug-likeness (QED) is 0.531. The monoisotopic (exact) mass is 323 g/mol. The van der Waals surface area contributed by atoms with Crippen LogP contribution in [0.5, 0.6) is 0 Å². The molecule has 1 N–H and O–H groups in total. The van der Waals surface area contributed by atoms with E-state index in [1.165, 1.54) is 6.33 Å². The van der Waals surface area contributed by atoms with E-state index in [0.717, 1.165) is 17.3 Å². The van der Waals surface area contributed by atoms with Gasteiger partial charge in [0.15, 0.2) is 5.79 Å². The third-order valence-corrected chi connectivity index (χ3v) is 4.30. The van der Waals surface area contributed by atoms with Crippen LogP contribution in [0.25, 0.3) is 11.0 Å². The minimum atomic E-state index is -1.26. The molecule has 0 aliphatic heterocycles. The van der Waals surface area contributed by atoms with Crippen molar-refractivity contribution in [1.29, 1.82) is 0 Å². The van der Waals surface area contributed by atoms with E-state index in [1.807, 2.05) is 16.8 Å². The van der Waals surface area contributed by atoms with E-state index in [0.29, 0.717) is 18.0 Å². The highest BCUT2D eigenvalue weighted by Gasteiger charge is 2.38. The lowest BCUT2D eigenvalue weighted by molar-refractivity contribution is -0.210. The van der Waals surface area contributed by atoms with Gasteiger partial charge in [-0.2, -0.15) is 0 Å². The molecular weight excluding hydrogens is 306 g/mol. The van der Waals surface area contributed by atoms with E-state index in [4.69, 9.17) is 16.3 Å². The van der Waals surface area contributed by atoms with Crippen molar-refractivity contribution in [2.24, 2.45) is 5.92 Å². The summed E-state index contributed by atoms with van der Waals surface area (Å²) in [5.41, 5.74) is 0.749. The van der Waals surface area contributed by atoms with E-state index in [2.05, 4.69) is 9.97 Å². The maximum atomic E-state index is 11.3. The minimum absolute atomic E-state index is 0.0750. The van der Waals surface area contributed by atoms with Gasteiger partial charge in [0.2, 0.25) is 0 Å². The van der Waals surface area contributed by atoms with Crippen LogP contribution < -0.4 is 0 Å². The van der Waals surface area contributed by atoms with Crippen LogP contribution in [0.15, 0.2) is 18.6 Å². The molecule has 0 bridgehead atoms. The molecule has 22 heavy (non-hydrogen) atoms. The first-order valence-corrected chi connectivity index (χ1v) is 7.59. The first kappa shape index (κ1) is 15.4. The summed E-state index contributed by atoms with van der Waals surface area (Å²) in [5.74, 6) is -1.50. The molecule has 0 spiro atoms. The van der Waals surface area contributed by atoms with Crippen molar-refractivity contribution in [3.63, 3.8) is 0 Å². The number of carbonyl (C=O) groups is 1. The van der Waals surface area contributed by atoms with Crippen LogP contribution in [0, 0.1) is 5.92 Å². The van der Waals surface area contributed by atoms with Crippen molar-refractivity contribution in [1.82, 2.24) is 14.5 Å². The highest BCUT2D eigenvalue weighted by molar-refractivity contribution is 6.33. The Bertz CT molecular complexity index is 695. The lowest BCUT2D eigenvalue weighted by Gasteiger charge is -2.25. The SMILES string of the molecule is CC(C)(O)O[C@H]1C[C@H](n2ccc3c(Cl)ncnc32)C[C@@H]1C=O. The average molecular weight is 324 g/mol. The van der Waals surface area contributed by atoms with Crippen LogP contribution in [0.2, 0.25) is 5.15 Å². The number of carbonyl (C=O) groups excluding carboxylic acids is 1. The fourth-order valence-electron chi connectivity index (χ4n) is 3.12. The number of aldehydes is 1. The number of ether oxygens (including phenoxy) is 1. The third kappa shape index (κ3) is 2.86. The van der Waals surface area contributed by atoms with Crippen LogP contribution in [0.3, 0.4) is 0 Å². The van der Waals surface area contributed by atoms with Crippen molar-refractivity contribution in [3.8, 4) is 0 Å². The molecule has 2 heterocycles. The normalized spacial score (nSPS) is 25.7. The van der Waals surface area contributed by atoms with Crippen LogP contribution >= 0.6 is 11.6 Å². The summed E-state index contributed by atoms with van der Waals surface area (Å²) in [6.45, 7) is 3.14. The first-order chi connectivity index (χ1) is 10.4. The summed E-state index contributed by atoms with van der Waals surface area (Å²) in [6, 6.07) is 1.95. The number of aromatic nitrogens is 3. The average Bonchev–Trinajstić information content (AvgIpc) is 3.01. The molecule has 0 saturated heterocycles. The van der Waals surface area contributed by atoms with Gasteiger partial charge in [0.1, 0.15) is 23.4 Å². The Hall–Kier alpha value is -1.50. The predicted octanol–water partition coefficient (Wildman–Crippen LogP) is 2.35. The maximum absolute atomic E-state index is 11.3. The second kappa shape index (κ2) is 5.61. The second-order valence-corrected chi connectivity index (χ2v) is 6.51. The molecule has 3 rings (SSSR count). The fourth-order valence-corrected chi connectivity index (χ4v) is 3.31. The smallest absolute Gasteiger partial charge is 0.160 e. The molecular formula is C15H18ClN3O3. The van der Waals surface area contributed by atoms with Gasteiger partial charge in [0.25, 0.3) is 0 Å². The van der Waals surface area contributed by atoms with Crippen LogP contribution in [-0.2, 0) is 9.53 Å². The Morgan fingerprint density at radius 3 is 2.91 bits per heavy atom. The molecule has 1 aliphatic rings. The van der Waals surface area contributed by atoms with Gasteiger partial charge in [-0.05, 0) is 32.8 Å². The van der Waals surface area contributed by atoms with Gasteiger partial charge in [0.05, 0.1) is 11.5 Å². The lowest BCUT2D eigenvalue weighted by Crippen LogP contribution is -2.32. The molecule has 0 aromatic carbocycles. The summed E-state index contributed by atoms with van der Waals surface area (Å²) >= 11 is 6.07. The topological polar surface area (TPSA) is 77.2 Å². The second-order valence-electron chi connectivity index (χ2n) is 6.15. The highest BCUT2D eigenvalue weighted by atomic mass is 35.5. The van der Waals surface area contributed by atoms with E-state index in [-0.39, 0.29) is 18.1 Å². The third-order valence-electron chi connectivity index (χ3n) is 3.99. The summed E-state index contributed by atoms with van der Waals surface area (Å²) in [4.78, 5) is 19.6. The zero-order valence-corrected chi connectivity index (χ0v) is 13.2. The number of nitrogens with zero attached hydrogens (tertiary/aromatic N) is 3. The molecule has 2 aromatic rings. The zero-order valence-electron chi connectivity index (χ0n) is 12.4. The Kier molecular flexibility index (Phi) is 3.92. The Labute approximate surface area is 133 Å². The van der Waals surface area contributed by atoms with Gasteiger partial charge in [-0.1, -0.05) is 11.6 Å². The summed E-state index contributed by atoms with van der Waals surface area (Å²) in [6.07, 6.45) is 5.22. The number of halogens is 1. The minimum Gasteiger partial charge on any atom is -0.366 e. The maximum Gasteiger partial charge on any atom is 0.160 e. The van der Waals surface area contributed by atoms with Gasteiger partial charge in [-0.15, -0.1) is 0 Å². The van der Waals surface area contributed by atoms with E-state index < -0.39 is 5.79 Å². The molecule has 2 aromatic heterocycles. The number of fused-ring (bicyclic) bond motifs is 1. The molecule has 0 radical (unpaired) electrons. The lowest BCUT2D eigenvalue weighted by atomic mass is 10.1. The molecule has 1 aliphatic carbocycles. The van der Waals surface area contributed by atoms with Crippen molar-refractivity contribution < 1.29 is 14.6 Å². The number of aliphatic hydroxyl groups is 1. The van der Waals surface area contributed by atoms with Crippen LogP contribution in [-0.4, -0.2) is 37.8 Å². The van der Waals surface area contributed by atoms with E-state index in [1.54, 1.807) is 13.8 Å². The van der Waals surface area contributed by atoms with Gasteiger partial charge < -0.3 is 19.2 Å². The standard InChI is InChI=1S/C15H18ClN3O3/c1-15(2,21)22-12-6-10(5-9(12)7-20)19-4-3-11-13(16)17-8-18-14(11)19/h3-4,7-10,12,21H,5-6H2,1-2H3/t9-,10-,12+/m1/s1. The molecule has 3 atom stereocenters. The van der Waals surface area contributed by atoms with Gasteiger partial charge in [-0.3, -0.25) is 0 Å². The molecule has 1 saturated carbocycles. The zero-order chi connectivity index (χ0) is 15.9. The molecule has 0 amide bonds. The van der Waals surface area contributed by atoms with Crippen molar-refractivity contribution in [3.05, 3.63) is 23.7 Å². The molecule has 7 heteroatoms. The van der Waals surface area contributed by atoms with Crippen molar-refractivity contribution in [2.45, 2.75) is 44.6 Å². The highest BCUT2D eigenvalue weighted by Crippen LogP contribution is 2.39. The van der Waals surface area contributed by atoms with E-state index in [9.17, 15) is 9.90 Å². The summed E-state index contributed by atoms with van der Waals surface area (Å²) in [5, 5.41) is 11.0. The summed E-state index contributed by atoms with van der Waals surface area (Å²) < 4.78 is 7.63. The van der Waals surface area contributed by atoms with Gasteiger partial charge in [0, 0.05) is 18.2 Å². The molecule has 118 valence electrons. The van der Waals surface area contributed by atoms with Crippen LogP contribution in [0.1, 0.15) is 32.7 Å². The Morgan fingerprint density at radius 2 is 2.23 bits per heavy atom. The Morgan fingerprint density at radius 1 is 1.45 bits per heavy atom. The number of rotatable bonds is 4. The van der Waals surface area contributed by atoms with Gasteiger partial charge in [-0.25, -0.2) is 9.97 Å². The first-order valence-electron chi connectivity index (χ1n) is 7.21. The predicted molar refractivity (Wildman–Crippen MR) is 81.5 cm³/mol. The molecule has 0 unspecified atom stereocenters. The summed E-state index contributed by atoms with van der Waals surface area (Å²) in [7, 11) is 0. The fraction of sp³-hybridized carbons (Fsp3) is 0.533. The Balaban J connectivity index is 1.89. The van der Waals surface area contributed by atoms with Crippen molar-refractivity contribution >= 4 is 28.9 Å². The molecule has 1 fully saturated rings. The molecule has 6 nitrogen and oxygen atoms in total. The van der Waals surface area contributed by atoms with Crippen molar-refractivity contribution in [2.75, 3.05) is 0 Å². The number of hydrogen-bond acceptors (Lipinski definition) is 5. The number of hydrogen-bond donors (Lipinski definition) is 1.